The zero-order valence-corrected chi connectivity index (χ0v) is 22.2. The number of esters is 1. The van der Waals surface area contributed by atoms with E-state index in [0.29, 0.717) is 46.6 Å². The van der Waals surface area contributed by atoms with Crippen molar-refractivity contribution in [3.63, 3.8) is 0 Å². The van der Waals surface area contributed by atoms with Gasteiger partial charge in [0.25, 0.3) is 5.56 Å². The summed E-state index contributed by atoms with van der Waals surface area (Å²) in [4.78, 5) is 34.1. The first-order valence-electron chi connectivity index (χ1n) is 13.0. The van der Waals surface area contributed by atoms with Gasteiger partial charge in [-0.25, -0.2) is 14.2 Å². The Balaban J connectivity index is 1.68. The number of carbonyl (C=O) groups excluding carboxylic acids is 1. The predicted octanol–water partition coefficient (Wildman–Crippen LogP) is 4.51. The molecule has 37 heavy (non-hydrogen) atoms. The number of nitrogens with zero attached hydrogens (tertiary/aromatic N) is 3. The van der Waals surface area contributed by atoms with Crippen LogP contribution in [0.15, 0.2) is 16.9 Å². The first-order chi connectivity index (χ1) is 17.6. The molecule has 0 saturated carbocycles. The van der Waals surface area contributed by atoms with E-state index in [4.69, 9.17) is 14.5 Å². The third-order valence-corrected chi connectivity index (χ3v) is 8.38. The van der Waals surface area contributed by atoms with Crippen molar-refractivity contribution >= 4 is 16.9 Å². The summed E-state index contributed by atoms with van der Waals surface area (Å²) in [6.45, 7) is 7.73. The fourth-order valence-corrected chi connectivity index (χ4v) is 6.63. The summed E-state index contributed by atoms with van der Waals surface area (Å²) in [6.07, 6.45) is 1.72. The van der Waals surface area contributed by atoms with E-state index in [-0.39, 0.29) is 30.1 Å². The zero-order chi connectivity index (χ0) is 26.4. The van der Waals surface area contributed by atoms with Crippen LogP contribution in [0.2, 0.25) is 0 Å². The number of ether oxygens (including phenoxy) is 2. The van der Waals surface area contributed by atoms with Crippen LogP contribution in [0.25, 0.3) is 22.3 Å². The van der Waals surface area contributed by atoms with Gasteiger partial charge in [0.05, 0.1) is 35.1 Å². The molecular weight excluding hydrogens is 473 g/mol. The Hall–Kier alpha value is -3.10. The molecule has 0 saturated heterocycles. The van der Waals surface area contributed by atoms with Crippen LogP contribution in [0.5, 0.6) is 0 Å². The van der Waals surface area contributed by atoms with Gasteiger partial charge in [-0.15, -0.1) is 0 Å². The van der Waals surface area contributed by atoms with Gasteiger partial charge in [-0.05, 0) is 76.9 Å². The molecule has 3 aromatic rings. The minimum Gasteiger partial charge on any atom is -0.458 e. The van der Waals surface area contributed by atoms with E-state index in [1.807, 2.05) is 33.8 Å². The third kappa shape index (κ3) is 3.21. The number of aromatic nitrogens is 2. The van der Waals surface area contributed by atoms with Crippen LogP contribution in [0.4, 0.5) is 4.39 Å². The third-order valence-electron chi connectivity index (χ3n) is 8.38. The first-order valence-corrected chi connectivity index (χ1v) is 13.0. The zero-order valence-electron chi connectivity index (χ0n) is 22.2. The maximum absolute atomic E-state index is 15.0. The van der Waals surface area contributed by atoms with E-state index in [1.165, 1.54) is 6.07 Å². The topological polar surface area (TPSA) is 73.7 Å². The Morgan fingerprint density at radius 2 is 2.00 bits per heavy atom. The monoisotopic (exact) mass is 505 g/mol. The van der Waals surface area contributed by atoms with Crippen molar-refractivity contribution in [3.8, 4) is 11.4 Å². The number of cyclic esters (lactones) is 1. The summed E-state index contributed by atoms with van der Waals surface area (Å²) in [5.74, 6) is -0.738. The largest absolute Gasteiger partial charge is 0.458 e. The van der Waals surface area contributed by atoms with Gasteiger partial charge in [0, 0.05) is 28.6 Å². The number of fused-ring (bicyclic) bond motifs is 5. The van der Waals surface area contributed by atoms with Crippen LogP contribution in [0, 0.1) is 12.7 Å². The fraction of sp³-hybridized carbons (Fsp3) is 0.483. The van der Waals surface area contributed by atoms with Gasteiger partial charge in [-0.3, -0.25) is 4.79 Å². The summed E-state index contributed by atoms with van der Waals surface area (Å²) in [5, 5.41) is 1.01. The molecule has 194 valence electrons. The number of pyridine rings is 2. The predicted molar refractivity (Wildman–Crippen MR) is 138 cm³/mol. The maximum Gasteiger partial charge on any atom is 0.343 e. The molecule has 0 N–H and O–H groups in total. The number of hydrogen-bond donors (Lipinski definition) is 0. The lowest BCUT2D eigenvalue weighted by Gasteiger charge is -2.37. The second-order valence-corrected chi connectivity index (χ2v) is 11.0. The van der Waals surface area contributed by atoms with Crippen LogP contribution in [0.1, 0.15) is 73.0 Å². The van der Waals surface area contributed by atoms with Crippen LogP contribution in [0.3, 0.4) is 0 Å². The van der Waals surface area contributed by atoms with Crippen molar-refractivity contribution in [1.82, 2.24) is 14.5 Å². The Morgan fingerprint density at radius 1 is 1.24 bits per heavy atom. The molecule has 0 amide bonds. The lowest BCUT2D eigenvalue weighted by molar-refractivity contribution is -0.187. The lowest BCUT2D eigenvalue weighted by Crippen LogP contribution is -2.47. The van der Waals surface area contributed by atoms with E-state index < -0.39 is 11.6 Å². The summed E-state index contributed by atoms with van der Waals surface area (Å²) in [7, 11) is 4.11. The molecule has 0 spiro atoms. The van der Waals surface area contributed by atoms with Gasteiger partial charge in [-0.2, -0.15) is 0 Å². The van der Waals surface area contributed by atoms with Crippen molar-refractivity contribution in [2.45, 2.75) is 77.9 Å². The Bertz CT molecular complexity index is 1560. The van der Waals surface area contributed by atoms with Crippen LogP contribution in [-0.2, 0) is 39.4 Å². The van der Waals surface area contributed by atoms with Gasteiger partial charge in [0.2, 0.25) is 0 Å². The minimum absolute atomic E-state index is 0.0794. The van der Waals surface area contributed by atoms with E-state index >= 15 is 0 Å². The minimum atomic E-state index is -1.35. The lowest BCUT2D eigenvalue weighted by atomic mass is 9.81. The molecule has 7 nitrogen and oxygen atoms in total. The van der Waals surface area contributed by atoms with Crippen molar-refractivity contribution in [2.75, 3.05) is 14.1 Å². The smallest absolute Gasteiger partial charge is 0.343 e. The number of hydrogen-bond acceptors (Lipinski definition) is 6. The summed E-state index contributed by atoms with van der Waals surface area (Å²) in [5.41, 5.74) is 5.19. The summed E-state index contributed by atoms with van der Waals surface area (Å²) in [6, 6.07) is 3.53. The molecule has 4 heterocycles. The second kappa shape index (κ2) is 8.20. The van der Waals surface area contributed by atoms with E-state index in [0.717, 1.165) is 34.9 Å². The molecule has 0 fully saturated rings. The Labute approximate surface area is 215 Å². The standard InChI is InChI=1S/C29H32FN3O4/c1-7-29(37-14(2)3)19-10-23-26-17(12-33(23)27(34)18(19)13-36-28(29)35)25-22(32(5)6)9-8-16-15(4)20(30)11-21(31-26)24(16)25/h10-11,14,22H,7-9,12-13H2,1-6H3. The second-order valence-electron chi connectivity index (χ2n) is 11.0. The van der Waals surface area contributed by atoms with Gasteiger partial charge < -0.3 is 18.9 Å². The van der Waals surface area contributed by atoms with Gasteiger partial charge in [-0.1, -0.05) is 6.92 Å². The van der Waals surface area contributed by atoms with Crippen molar-refractivity contribution in [2.24, 2.45) is 0 Å². The molecule has 2 unspecified atom stereocenters. The van der Waals surface area contributed by atoms with E-state index in [2.05, 4.69) is 19.0 Å². The maximum atomic E-state index is 15.0. The van der Waals surface area contributed by atoms with Crippen LogP contribution < -0.4 is 5.56 Å². The molecule has 6 rings (SSSR count). The molecule has 2 atom stereocenters. The van der Waals surface area contributed by atoms with E-state index in [1.54, 1.807) is 4.57 Å². The normalized spacial score (nSPS) is 21.9. The van der Waals surface area contributed by atoms with Gasteiger partial charge >= 0.3 is 5.97 Å². The van der Waals surface area contributed by atoms with Gasteiger partial charge in [0.1, 0.15) is 12.4 Å². The highest BCUT2D eigenvalue weighted by Crippen LogP contribution is 2.47. The highest BCUT2D eigenvalue weighted by atomic mass is 19.1. The van der Waals surface area contributed by atoms with Crippen molar-refractivity contribution in [1.29, 1.82) is 0 Å². The number of halogens is 1. The molecular formula is C29H32FN3O4. The molecule has 1 aromatic carbocycles. The SMILES string of the molecule is CCC1(OC(C)C)C(=O)OCc2c1cc1n(c2=O)Cc2c-1nc1cc(F)c(C)c3c1c2C(N(C)C)CC3. The number of benzene rings is 1. The number of aryl methyl sites for hydroxylation is 1. The fourth-order valence-electron chi connectivity index (χ4n) is 6.63. The molecule has 2 aromatic heterocycles. The molecule has 8 heteroatoms. The summed E-state index contributed by atoms with van der Waals surface area (Å²) < 4.78 is 28.4. The highest BCUT2D eigenvalue weighted by molar-refractivity contribution is 5.93. The molecule has 0 bridgehead atoms. The summed E-state index contributed by atoms with van der Waals surface area (Å²) >= 11 is 0. The van der Waals surface area contributed by atoms with Gasteiger partial charge in [0.15, 0.2) is 5.60 Å². The number of carbonyl (C=O) groups is 1. The Morgan fingerprint density at radius 3 is 2.68 bits per heavy atom. The molecule has 1 aliphatic carbocycles. The molecule has 3 aliphatic rings. The average Bonchev–Trinajstić information content (AvgIpc) is 3.22. The quantitative estimate of drug-likeness (QED) is 0.380. The van der Waals surface area contributed by atoms with E-state index in [9.17, 15) is 14.0 Å². The number of rotatable bonds is 4. The first kappa shape index (κ1) is 24.2. The average molecular weight is 506 g/mol. The Kier molecular flexibility index (Phi) is 5.37. The van der Waals surface area contributed by atoms with Crippen LogP contribution >= 0.6 is 0 Å². The molecule has 2 aliphatic heterocycles. The highest BCUT2D eigenvalue weighted by Gasteiger charge is 2.49. The molecule has 0 radical (unpaired) electrons. The van der Waals surface area contributed by atoms with Crippen molar-refractivity contribution in [3.05, 3.63) is 61.7 Å². The van der Waals surface area contributed by atoms with Crippen LogP contribution in [-0.4, -0.2) is 40.6 Å². The van der Waals surface area contributed by atoms with Crippen molar-refractivity contribution < 1.29 is 18.7 Å².